The summed E-state index contributed by atoms with van der Waals surface area (Å²) in [5.41, 5.74) is 0.382. The number of anilines is 2. The number of amides is 3. The lowest BCUT2D eigenvalue weighted by molar-refractivity contribution is -0.127. The molecular weight excluding hydrogens is 573 g/mol. The van der Waals surface area contributed by atoms with Gasteiger partial charge in [0.1, 0.15) is 23.3 Å². The molecule has 5 rings (SSSR count). The molecule has 1 aliphatic heterocycles. The van der Waals surface area contributed by atoms with Crippen molar-refractivity contribution in [1.82, 2.24) is 35.1 Å². The van der Waals surface area contributed by atoms with Gasteiger partial charge in [0.05, 0.1) is 19.4 Å². The summed E-state index contributed by atoms with van der Waals surface area (Å²) in [7, 11) is 3.68. The van der Waals surface area contributed by atoms with Crippen molar-refractivity contribution in [2.45, 2.75) is 70.3 Å². The second kappa shape index (κ2) is 11.9. The Bertz CT molecular complexity index is 1580. The first-order chi connectivity index (χ1) is 20.7. The number of ether oxygens (including phenoxy) is 1. The van der Waals surface area contributed by atoms with Gasteiger partial charge in [-0.05, 0) is 66.3 Å². The van der Waals surface area contributed by atoms with Gasteiger partial charge in [-0.25, -0.2) is 28.9 Å². The van der Waals surface area contributed by atoms with Crippen LogP contribution in [-0.2, 0) is 22.6 Å². The van der Waals surface area contributed by atoms with E-state index in [9.17, 15) is 19.5 Å². The van der Waals surface area contributed by atoms with Gasteiger partial charge in [-0.2, -0.15) is 0 Å². The van der Waals surface area contributed by atoms with Crippen LogP contribution >= 0.6 is 0 Å². The van der Waals surface area contributed by atoms with Gasteiger partial charge in [0.15, 0.2) is 17.0 Å². The maximum Gasteiger partial charge on any atom is 0.410 e. The number of hydrogen-bond acceptors (Lipinski definition) is 9. The van der Waals surface area contributed by atoms with Crippen LogP contribution in [-0.4, -0.2) is 92.0 Å². The minimum absolute atomic E-state index is 0.0356. The SMILES string of the molecule is CN(C)Cc1c(F)ccc(N2CCC(NC(=O)OC(C)(C)C)(C(=O)NC3CC3)C2)c1Cn1cnc2c(NC(=O)O)ncnc21. The topological polar surface area (TPSA) is 167 Å². The van der Waals surface area contributed by atoms with Crippen molar-refractivity contribution in [3.05, 3.63) is 41.7 Å². The molecule has 0 spiro atoms. The van der Waals surface area contributed by atoms with Crippen LogP contribution in [0, 0.1) is 5.82 Å². The summed E-state index contributed by atoms with van der Waals surface area (Å²) in [6.07, 6.45) is 2.85. The van der Waals surface area contributed by atoms with Crippen LogP contribution in [0.2, 0.25) is 0 Å². The fraction of sp³-hybridized carbons (Fsp3) is 0.517. The van der Waals surface area contributed by atoms with Gasteiger partial charge >= 0.3 is 12.2 Å². The van der Waals surface area contributed by atoms with Crippen LogP contribution in [0.5, 0.6) is 0 Å². The lowest BCUT2D eigenvalue weighted by Crippen LogP contribution is -2.61. The Morgan fingerprint density at radius 2 is 1.91 bits per heavy atom. The standard InChI is InChI=1S/C29H38FN9O5/c1-28(2,3)44-27(43)36-29(25(40)34-17-6-7-17)10-11-38(14-29)21-9-8-20(30)18(12-37(4)5)19(21)13-39-16-33-22-23(35-26(41)42)31-15-32-24(22)39/h8-9,15-17H,6-7,10-14H2,1-5H3,(H,34,40)(H,36,43)(H,41,42)(H,31,32,35). The molecule has 1 atom stereocenters. The third kappa shape index (κ3) is 6.82. The fourth-order valence-electron chi connectivity index (χ4n) is 5.38. The molecular formula is C29H38FN9O5. The normalized spacial score (nSPS) is 18.5. The predicted octanol–water partition coefficient (Wildman–Crippen LogP) is 2.92. The van der Waals surface area contributed by atoms with Crippen molar-refractivity contribution in [1.29, 1.82) is 0 Å². The van der Waals surface area contributed by atoms with E-state index in [0.29, 0.717) is 42.0 Å². The minimum Gasteiger partial charge on any atom is -0.465 e. The van der Waals surface area contributed by atoms with E-state index in [1.54, 1.807) is 31.4 Å². The number of imidazole rings is 1. The summed E-state index contributed by atoms with van der Waals surface area (Å²) < 4.78 is 22.7. The number of halogens is 1. The zero-order chi connectivity index (χ0) is 31.8. The number of alkyl carbamates (subject to hydrolysis) is 1. The van der Waals surface area contributed by atoms with Gasteiger partial charge in [0, 0.05) is 35.9 Å². The number of nitrogens with zero attached hydrogens (tertiary/aromatic N) is 6. The molecule has 0 bridgehead atoms. The van der Waals surface area contributed by atoms with Crippen LogP contribution in [0.1, 0.15) is 51.2 Å². The lowest BCUT2D eigenvalue weighted by Gasteiger charge is -2.32. The number of rotatable bonds is 9. The van der Waals surface area contributed by atoms with Crippen molar-refractivity contribution >= 4 is 40.8 Å². The summed E-state index contributed by atoms with van der Waals surface area (Å²) in [6.45, 7) is 6.26. The number of nitrogens with one attached hydrogen (secondary N) is 3. The smallest absolute Gasteiger partial charge is 0.410 e. The summed E-state index contributed by atoms with van der Waals surface area (Å²) in [4.78, 5) is 54.3. The Hall–Kier alpha value is -4.53. The molecule has 3 amide bonds. The molecule has 14 nitrogen and oxygen atoms in total. The molecule has 4 N–H and O–H groups in total. The highest BCUT2D eigenvalue weighted by Crippen LogP contribution is 2.35. The molecule has 44 heavy (non-hydrogen) atoms. The second-order valence-electron chi connectivity index (χ2n) is 12.6. The van der Waals surface area contributed by atoms with E-state index < -0.39 is 29.1 Å². The van der Waals surface area contributed by atoms with E-state index >= 15 is 4.39 Å². The average molecular weight is 612 g/mol. The van der Waals surface area contributed by atoms with Crippen LogP contribution in [0.25, 0.3) is 11.2 Å². The molecule has 2 aromatic heterocycles. The number of carbonyl (C=O) groups is 3. The number of fused-ring (bicyclic) bond motifs is 1. The summed E-state index contributed by atoms with van der Waals surface area (Å²) in [5.74, 6) is -0.636. The van der Waals surface area contributed by atoms with Gasteiger partial charge in [-0.15, -0.1) is 0 Å². The van der Waals surface area contributed by atoms with E-state index in [-0.39, 0.29) is 36.4 Å². The highest BCUT2D eigenvalue weighted by atomic mass is 19.1. The molecule has 236 valence electrons. The summed E-state index contributed by atoms with van der Waals surface area (Å²) >= 11 is 0. The number of benzene rings is 1. The molecule has 3 aromatic rings. The largest absolute Gasteiger partial charge is 0.465 e. The fourth-order valence-corrected chi connectivity index (χ4v) is 5.38. The summed E-state index contributed by atoms with van der Waals surface area (Å²) in [5, 5.41) is 17.3. The van der Waals surface area contributed by atoms with Crippen molar-refractivity contribution in [3.8, 4) is 0 Å². The zero-order valence-corrected chi connectivity index (χ0v) is 25.5. The maximum absolute atomic E-state index is 15.5. The van der Waals surface area contributed by atoms with Gasteiger partial charge < -0.3 is 34.8 Å². The molecule has 1 aliphatic carbocycles. The van der Waals surface area contributed by atoms with Crippen LogP contribution in [0.3, 0.4) is 0 Å². The first kappa shape index (κ1) is 30.9. The van der Waals surface area contributed by atoms with E-state index in [1.807, 2.05) is 23.9 Å². The third-order valence-corrected chi connectivity index (χ3v) is 7.48. The molecule has 1 unspecified atom stereocenters. The van der Waals surface area contributed by atoms with Gasteiger partial charge in [-0.3, -0.25) is 10.1 Å². The zero-order valence-electron chi connectivity index (χ0n) is 25.5. The first-order valence-corrected chi connectivity index (χ1v) is 14.4. The number of carboxylic acid groups (broad SMARTS) is 1. The van der Waals surface area contributed by atoms with Crippen molar-refractivity contribution in [3.63, 3.8) is 0 Å². The van der Waals surface area contributed by atoms with E-state index in [1.165, 1.54) is 18.7 Å². The number of aromatic nitrogens is 4. The molecule has 15 heteroatoms. The van der Waals surface area contributed by atoms with Crippen LogP contribution in [0.4, 0.5) is 25.5 Å². The molecule has 1 saturated heterocycles. The van der Waals surface area contributed by atoms with Crippen LogP contribution < -0.4 is 20.9 Å². The van der Waals surface area contributed by atoms with Crippen molar-refractivity contribution < 1.29 is 28.6 Å². The van der Waals surface area contributed by atoms with Gasteiger partial charge in [0.25, 0.3) is 0 Å². The Morgan fingerprint density at radius 3 is 2.57 bits per heavy atom. The van der Waals surface area contributed by atoms with Crippen molar-refractivity contribution in [2.24, 2.45) is 0 Å². The van der Waals surface area contributed by atoms with E-state index in [4.69, 9.17) is 4.74 Å². The summed E-state index contributed by atoms with van der Waals surface area (Å²) in [6, 6.07) is 3.17. The molecule has 1 saturated carbocycles. The maximum atomic E-state index is 15.5. The van der Waals surface area contributed by atoms with Crippen molar-refractivity contribution in [2.75, 3.05) is 37.4 Å². The molecule has 1 aromatic carbocycles. The minimum atomic E-state index is -1.29. The molecule has 2 aliphatic rings. The quantitative estimate of drug-likeness (QED) is 0.283. The molecule has 2 fully saturated rings. The Kier molecular flexibility index (Phi) is 8.34. The Labute approximate surface area is 254 Å². The molecule has 3 heterocycles. The van der Waals surface area contributed by atoms with Gasteiger partial charge in [0.2, 0.25) is 5.91 Å². The predicted molar refractivity (Wildman–Crippen MR) is 160 cm³/mol. The van der Waals surface area contributed by atoms with Gasteiger partial charge in [-0.1, -0.05) is 0 Å². The average Bonchev–Trinajstić information content (AvgIpc) is 3.47. The Morgan fingerprint density at radius 1 is 1.16 bits per heavy atom. The molecule has 0 radical (unpaired) electrons. The highest BCUT2D eigenvalue weighted by molar-refractivity contribution is 5.93. The van der Waals surface area contributed by atoms with E-state index in [2.05, 4.69) is 30.9 Å². The number of hydrogen-bond donors (Lipinski definition) is 4. The lowest BCUT2D eigenvalue weighted by atomic mass is 9.97. The number of carbonyl (C=O) groups excluding carboxylic acids is 2. The van der Waals surface area contributed by atoms with Crippen LogP contribution in [0.15, 0.2) is 24.8 Å². The monoisotopic (exact) mass is 611 g/mol. The van der Waals surface area contributed by atoms with E-state index in [0.717, 1.165) is 12.8 Å². The second-order valence-corrected chi connectivity index (χ2v) is 12.6. The Balaban J connectivity index is 1.52. The first-order valence-electron chi connectivity index (χ1n) is 14.4. The third-order valence-electron chi connectivity index (χ3n) is 7.48. The highest BCUT2D eigenvalue weighted by Gasteiger charge is 2.48.